The summed E-state index contributed by atoms with van der Waals surface area (Å²) in [6.07, 6.45) is 0. The standard InChI is InChI=1S/C14H23NO3S/c1-10-6-7-11(18-10)12(14(5)8-17-9-14)15-19(16)13(2,3)4/h6-7,12,15H,8-9H2,1-5H3/t12-,19?/m0/s1. The summed E-state index contributed by atoms with van der Waals surface area (Å²) in [6.45, 7) is 11.2. The van der Waals surface area contributed by atoms with E-state index in [9.17, 15) is 4.55 Å². The van der Waals surface area contributed by atoms with E-state index in [-0.39, 0.29) is 16.2 Å². The summed E-state index contributed by atoms with van der Waals surface area (Å²) in [5.41, 5.74) is -0.0643. The molecule has 1 N–H and O–H groups in total. The SMILES string of the molecule is Cc1ccc([C@H](N[S+]([O-])C(C)(C)C)C2(C)COC2)o1. The predicted octanol–water partition coefficient (Wildman–Crippen LogP) is 2.72. The number of ether oxygens (including phenoxy) is 1. The van der Waals surface area contributed by atoms with Crippen LogP contribution in [0.15, 0.2) is 16.5 Å². The van der Waals surface area contributed by atoms with Gasteiger partial charge in [0.15, 0.2) is 0 Å². The smallest absolute Gasteiger partial charge is 0.136 e. The maximum atomic E-state index is 12.4. The van der Waals surface area contributed by atoms with Crippen LogP contribution in [0.1, 0.15) is 45.3 Å². The first kappa shape index (κ1) is 14.9. The molecule has 5 heteroatoms. The van der Waals surface area contributed by atoms with Crippen LogP contribution in [0.5, 0.6) is 0 Å². The Bertz CT molecular complexity index is 434. The Balaban J connectivity index is 2.20. The third-order valence-corrected chi connectivity index (χ3v) is 4.95. The van der Waals surface area contributed by atoms with Gasteiger partial charge in [-0.15, -0.1) is 4.72 Å². The lowest BCUT2D eigenvalue weighted by atomic mass is 9.80. The predicted molar refractivity (Wildman–Crippen MR) is 76.1 cm³/mol. The summed E-state index contributed by atoms with van der Waals surface area (Å²) >= 11 is -1.14. The molecule has 108 valence electrons. The Hall–Kier alpha value is -0.490. The third kappa shape index (κ3) is 3.16. The first-order valence-electron chi connectivity index (χ1n) is 6.54. The summed E-state index contributed by atoms with van der Waals surface area (Å²) in [6, 6.07) is 3.80. The van der Waals surface area contributed by atoms with Gasteiger partial charge in [-0.25, -0.2) is 0 Å². The molecule has 2 heterocycles. The van der Waals surface area contributed by atoms with E-state index in [0.717, 1.165) is 11.5 Å². The number of nitrogens with one attached hydrogen (secondary N) is 1. The summed E-state index contributed by atoms with van der Waals surface area (Å²) in [5.74, 6) is 1.70. The highest BCUT2D eigenvalue weighted by atomic mass is 32.2. The maximum Gasteiger partial charge on any atom is 0.136 e. The minimum Gasteiger partial charge on any atom is -0.598 e. The van der Waals surface area contributed by atoms with E-state index >= 15 is 0 Å². The van der Waals surface area contributed by atoms with Crippen LogP contribution < -0.4 is 4.72 Å². The van der Waals surface area contributed by atoms with E-state index < -0.39 is 11.4 Å². The summed E-state index contributed by atoms with van der Waals surface area (Å²) in [4.78, 5) is 0. The molecule has 1 fully saturated rings. The lowest BCUT2D eigenvalue weighted by molar-refractivity contribution is -0.121. The highest BCUT2D eigenvalue weighted by Gasteiger charge is 2.47. The van der Waals surface area contributed by atoms with Crippen LogP contribution in [0.4, 0.5) is 0 Å². The fraction of sp³-hybridized carbons (Fsp3) is 0.714. The lowest BCUT2D eigenvalue weighted by Gasteiger charge is -2.44. The molecule has 0 spiro atoms. The molecular weight excluding hydrogens is 262 g/mol. The Labute approximate surface area is 118 Å². The molecule has 2 rings (SSSR count). The van der Waals surface area contributed by atoms with Gasteiger partial charge in [-0.1, -0.05) is 6.92 Å². The van der Waals surface area contributed by atoms with Crippen LogP contribution in [0.2, 0.25) is 0 Å². The monoisotopic (exact) mass is 285 g/mol. The number of furan rings is 1. The molecular formula is C14H23NO3S. The van der Waals surface area contributed by atoms with E-state index in [2.05, 4.69) is 11.6 Å². The molecule has 0 radical (unpaired) electrons. The molecule has 2 atom stereocenters. The lowest BCUT2D eigenvalue weighted by Crippen LogP contribution is -2.53. The van der Waals surface area contributed by atoms with Crippen molar-refractivity contribution >= 4 is 11.4 Å². The second-order valence-corrected chi connectivity index (χ2v) is 8.53. The average Bonchev–Trinajstić information content (AvgIpc) is 2.67. The molecule has 1 aliphatic heterocycles. The van der Waals surface area contributed by atoms with Gasteiger partial charge in [-0.05, 0) is 39.8 Å². The van der Waals surface area contributed by atoms with E-state index in [1.54, 1.807) is 0 Å². The first-order chi connectivity index (χ1) is 8.72. The van der Waals surface area contributed by atoms with Gasteiger partial charge in [0.1, 0.15) is 22.3 Å². The molecule has 1 unspecified atom stereocenters. The second-order valence-electron chi connectivity index (χ2n) is 6.53. The minimum atomic E-state index is -1.14. The van der Waals surface area contributed by atoms with Gasteiger partial charge in [-0.2, -0.15) is 0 Å². The van der Waals surface area contributed by atoms with Crippen LogP contribution in [0.25, 0.3) is 0 Å². The molecule has 19 heavy (non-hydrogen) atoms. The molecule has 0 bridgehead atoms. The normalized spacial score (nSPS) is 21.8. The molecule has 0 aromatic carbocycles. The number of hydrogen-bond acceptors (Lipinski definition) is 4. The minimum absolute atomic E-state index is 0.0643. The quantitative estimate of drug-likeness (QED) is 0.864. The van der Waals surface area contributed by atoms with Crippen LogP contribution in [-0.4, -0.2) is 22.5 Å². The van der Waals surface area contributed by atoms with Crippen molar-refractivity contribution in [1.82, 2.24) is 4.72 Å². The van der Waals surface area contributed by atoms with Crippen molar-refractivity contribution < 1.29 is 13.7 Å². The zero-order chi connectivity index (χ0) is 14.3. The Morgan fingerprint density at radius 3 is 2.37 bits per heavy atom. The van der Waals surface area contributed by atoms with E-state index in [1.165, 1.54) is 0 Å². The van der Waals surface area contributed by atoms with Gasteiger partial charge in [0.2, 0.25) is 0 Å². The van der Waals surface area contributed by atoms with Crippen molar-refractivity contribution in [2.75, 3.05) is 13.2 Å². The zero-order valence-electron chi connectivity index (χ0n) is 12.3. The van der Waals surface area contributed by atoms with Crippen molar-refractivity contribution in [3.05, 3.63) is 23.7 Å². The second kappa shape index (κ2) is 5.13. The Morgan fingerprint density at radius 2 is 2.00 bits per heavy atom. The summed E-state index contributed by atoms with van der Waals surface area (Å²) < 4.78 is 26.3. The number of hydrogen-bond donors (Lipinski definition) is 1. The Morgan fingerprint density at radius 1 is 1.37 bits per heavy atom. The molecule has 1 aromatic rings. The number of rotatable bonds is 4. The van der Waals surface area contributed by atoms with Gasteiger partial charge >= 0.3 is 0 Å². The fourth-order valence-corrected chi connectivity index (χ4v) is 3.00. The zero-order valence-corrected chi connectivity index (χ0v) is 13.1. The number of aryl methyl sites for hydroxylation is 1. The van der Waals surface area contributed by atoms with Gasteiger partial charge in [-0.3, -0.25) is 0 Å². The largest absolute Gasteiger partial charge is 0.598 e. The van der Waals surface area contributed by atoms with Crippen LogP contribution in [0.3, 0.4) is 0 Å². The average molecular weight is 285 g/mol. The Kier molecular flexibility index (Phi) is 4.02. The van der Waals surface area contributed by atoms with Gasteiger partial charge in [0.05, 0.1) is 13.2 Å². The highest BCUT2D eigenvalue weighted by Crippen LogP contribution is 2.41. The first-order valence-corrected chi connectivity index (χ1v) is 7.69. The maximum absolute atomic E-state index is 12.4. The van der Waals surface area contributed by atoms with Crippen LogP contribution >= 0.6 is 0 Å². The summed E-state index contributed by atoms with van der Waals surface area (Å²) in [5, 5.41) is 0. The van der Waals surface area contributed by atoms with E-state index in [4.69, 9.17) is 9.15 Å². The molecule has 0 amide bonds. The van der Waals surface area contributed by atoms with E-state index in [0.29, 0.717) is 13.2 Å². The van der Waals surface area contributed by atoms with Gasteiger partial charge in [0, 0.05) is 16.8 Å². The molecule has 4 nitrogen and oxygen atoms in total. The van der Waals surface area contributed by atoms with Crippen LogP contribution in [0, 0.1) is 12.3 Å². The van der Waals surface area contributed by atoms with Crippen molar-refractivity contribution in [3.8, 4) is 0 Å². The molecule has 0 saturated carbocycles. The molecule has 1 aliphatic rings. The third-order valence-electron chi connectivity index (χ3n) is 3.39. The fourth-order valence-electron chi connectivity index (χ4n) is 2.03. The molecule has 0 aliphatic carbocycles. The van der Waals surface area contributed by atoms with Gasteiger partial charge < -0.3 is 13.7 Å². The van der Waals surface area contributed by atoms with Gasteiger partial charge in [0.25, 0.3) is 0 Å². The van der Waals surface area contributed by atoms with Crippen molar-refractivity contribution in [2.45, 2.75) is 45.4 Å². The van der Waals surface area contributed by atoms with Crippen molar-refractivity contribution in [3.63, 3.8) is 0 Å². The molecule has 1 aromatic heterocycles. The topological polar surface area (TPSA) is 57.5 Å². The summed E-state index contributed by atoms with van der Waals surface area (Å²) in [7, 11) is 0. The van der Waals surface area contributed by atoms with Crippen LogP contribution in [-0.2, 0) is 16.1 Å². The molecule has 1 saturated heterocycles. The van der Waals surface area contributed by atoms with Crippen molar-refractivity contribution in [1.29, 1.82) is 0 Å². The van der Waals surface area contributed by atoms with E-state index in [1.807, 2.05) is 39.8 Å². The van der Waals surface area contributed by atoms with Crippen molar-refractivity contribution in [2.24, 2.45) is 5.41 Å². The highest BCUT2D eigenvalue weighted by molar-refractivity contribution is 7.90.